The highest BCUT2D eigenvalue weighted by Crippen LogP contribution is 2.39. The Morgan fingerprint density at radius 3 is 2.50 bits per heavy atom. The van der Waals surface area contributed by atoms with Crippen molar-refractivity contribution >= 4 is 33.9 Å². The summed E-state index contributed by atoms with van der Waals surface area (Å²) in [7, 11) is 0. The van der Waals surface area contributed by atoms with Gasteiger partial charge in [-0.05, 0) is 37.3 Å². The lowest BCUT2D eigenvalue weighted by Gasteiger charge is -2.12. The Hall–Kier alpha value is -3.32. The van der Waals surface area contributed by atoms with Gasteiger partial charge >= 0.3 is 0 Å². The number of primary amides is 1. The van der Waals surface area contributed by atoms with Gasteiger partial charge in [0.2, 0.25) is 6.54 Å². The van der Waals surface area contributed by atoms with E-state index in [-0.39, 0.29) is 18.2 Å². The number of amides is 2. The number of thiophene rings is 1. The molecule has 152 valence electrons. The lowest BCUT2D eigenvalue weighted by Crippen LogP contribution is -2.40. The van der Waals surface area contributed by atoms with Crippen molar-refractivity contribution in [2.75, 3.05) is 5.32 Å². The molecule has 2 amide bonds. The quantitative estimate of drug-likeness (QED) is 0.474. The summed E-state index contributed by atoms with van der Waals surface area (Å²) in [4.78, 5) is 38.5. The average molecular weight is 421 g/mol. The zero-order valence-corrected chi connectivity index (χ0v) is 17.2. The second-order valence-corrected chi connectivity index (χ2v) is 8.39. The third-order valence-corrected chi connectivity index (χ3v) is 6.36. The molecule has 0 saturated carbocycles. The molecule has 6 nitrogen and oxygen atoms in total. The van der Waals surface area contributed by atoms with Gasteiger partial charge < -0.3 is 11.1 Å². The zero-order valence-electron chi connectivity index (χ0n) is 16.4. The SMILES string of the molecule is NC(=O)c1ccc[n+](CC(=O)Nc2sc3c(c2C(=O)c2ccccc2)CCCC3)c1. The third kappa shape index (κ3) is 4.16. The fraction of sp³-hybridized carbons (Fsp3) is 0.217. The van der Waals surface area contributed by atoms with E-state index < -0.39 is 5.91 Å². The Morgan fingerprint density at radius 2 is 1.73 bits per heavy atom. The molecule has 1 aliphatic rings. The van der Waals surface area contributed by atoms with Crippen LogP contribution in [0.4, 0.5) is 5.00 Å². The standard InChI is InChI=1S/C23H21N3O3S/c24-22(29)16-9-6-12-26(13-16)14-19(27)25-23-20(17-10-4-5-11-18(17)30-23)21(28)15-7-2-1-3-8-15/h1-3,6-9,12-13H,4-5,10-11,14H2,(H2-,24,25,27,28,29)/p+1. The summed E-state index contributed by atoms with van der Waals surface area (Å²) in [6, 6.07) is 12.4. The molecule has 2 heterocycles. The lowest BCUT2D eigenvalue weighted by atomic mass is 9.92. The van der Waals surface area contributed by atoms with Crippen LogP contribution in [0.3, 0.4) is 0 Å². The van der Waals surface area contributed by atoms with Gasteiger partial charge in [-0.1, -0.05) is 30.3 Å². The Morgan fingerprint density at radius 1 is 1.00 bits per heavy atom. The van der Waals surface area contributed by atoms with E-state index in [1.807, 2.05) is 18.2 Å². The van der Waals surface area contributed by atoms with Crippen LogP contribution in [0.2, 0.25) is 0 Å². The molecule has 0 unspecified atom stereocenters. The number of hydrogen-bond acceptors (Lipinski definition) is 4. The van der Waals surface area contributed by atoms with Gasteiger partial charge in [-0.25, -0.2) is 0 Å². The summed E-state index contributed by atoms with van der Waals surface area (Å²) < 4.78 is 1.60. The van der Waals surface area contributed by atoms with Crippen LogP contribution in [0.5, 0.6) is 0 Å². The Kier molecular flexibility index (Phi) is 5.72. The number of carbonyl (C=O) groups excluding carboxylic acids is 3. The highest BCUT2D eigenvalue weighted by Gasteiger charge is 2.27. The smallest absolute Gasteiger partial charge is 0.290 e. The van der Waals surface area contributed by atoms with E-state index in [9.17, 15) is 14.4 Å². The fourth-order valence-corrected chi connectivity index (χ4v) is 5.03. The molecular weight excluding hydrogens is 398 g/mol. The molecule has 3 aromatic rings. The Balaban J connectivity index is 1.62. The number of nitrogens with zero attached hydrogens (tertiary/aromatic N) is 1. The maximum absolute atomic E-state index is 13.3. The molecule has 2 aromatic heterocycles. The van der Waals surface area contributed by atoms with Gasteiger partial charge in [0.25, 0.3) is 11.8 Å². The van der Waals surface area contributed by atoms with Gasteiger partial charge in [-0.2, -0.15) is 4.57 Å². The molecule has 1 aliphatic carbocycles. The lowest BCUT2D eigenvalue weighted by molar-refractivity contribution is -0.684. The predicted octanol–water partition coefficient (Wildman–Crippen LogP) is 2.88. The van der Waals surface area contributed by atoms with Crippen molar-refractivity contribution in [2.45, 2.75) is 32.2 Å². The number of aryl methyl sites for hydroxylation is 1. The maximum atomic E-state index is 13.3. The van der Waals surface area contributed by atoms with Crippen molar-refractivity contribution < 1.29 is 19.0 Å². The van der Waals surface area contributed by atoms with E-state index in [4.69, 9.17) is 5.73 Å². The van der Waals surface area contributed by atoms with Crippen LogP contribution >= 0.6 is 11.3 Å². The first kappa shape index (κ1) is 20.0. The minimum absolute atomic E-state index is 0.0165. The van der Waals surface area contributed by atoms with Gasteiger partial charge in [-0.15, -0.1) is 11.3 Å². The molecule has 30 heavy (non-hydrogen) atoms. The largest absolute Gasteiger partial charge is 0.365 e. The van der Waals surface area contributed by atoms with E-state index >= 15 is 0 Å². The second kappa shape index (κ2) is 8.59. The molecule has 0 radical (unpaired) electrons. The Bertz CT molecular complexity index is 1120. The van der Waals surface area contributed by atoms with Crippen LogP contribution in [-0.4, -0.2) is 17.6 Å². The molecule has 0 spiro atoms. The van der Waals surface area contributed by atoms with Crippen molar-refractivity contribution in [3.63, 3.8) is 0 Å². The van der Waals surface area contributed by atoms with Crippen molar-refractivity contribution in [1.82, 2.24) is 0 Å². The fourth-order valence-electron chi connectivity index (χ4n) is 3.73. The van der Waals surface area contributed by atoms with Gasteiger partial charge in [-0.3, -0.25) is 14.4 Å². The van der Waals surface area contributed by atoms with Crippen LogP contribution in [0.15, 0.2) is 54.9 Å². The number of ketones is 1. The highest BCUT2D eigenvalue weighted by molar-refractivity contribution is 7.17. The summed E-state index contributed by atoms with van der Waals surface area (Å²) in [6.07, 6.45) is 7.15. The molecule has 0 bridgehead atoms. The van der Waals surface area contributed by atoms with Crippen molar-refractivity contribution in [3.05, 3.63) is 82.0 Å². The second-order valence-electron chi connectivity index (χ2n) is 7.29. The number of anilines is 1. The van der Waals surface area contributed by atoms with Gasteiger partial charge in [0.1, 0.15) is 10.6 Å². The van der Waals surface area contributed by atoms with E-state index in [0.717, 1.165) is 31.2 Å². The minimum atomic E-state index is -0.550. The number of pyridine rings is 1. The predicted molar refractivity (Wildman–Crippen MR) is 115 cm³/mol. The molecule has 1 aromatic carbocycles. The number of nitrogens with one attached hydrogen (secondary N) is 1. The summed E-state index contributed by atoms with van der Waals surface area (Å²) in [5.74, 6) is -0.873. The van der Waals surface area contributed by atoms with E-state index in [1.54, 1.807) is 35.0 Å². The number of hydrogen-bond donors (Lipinski definition) is 2. The number of benzene rings is 1. The van der Waals surface area contributed by atoms with Crippen LogP contribution in [0, 0.1) is 0 Å². The Labute approximate surface area is 178 Å². The van der Waals surface area contributed by atoms with Crippen LogP contribution in [0.1, 0.15) is 49.6 Å². The first-order chi connectivity index (χ1) is 14.5. The monoisotopic (exact) mass is 420 g/mol. The number of rotatable bonds is 6. The van der Waals surface area contributed by atoms with Crippen LogP contribution < -0.4 is 15.6 Å². The summed E-state index contributed by atoms with van der Waals surface area (Å²) in [5.41, 5.74) is 7.94. The van der Waals surface area contributed by atoms with Crippen LogP contribution in [-0.2, 0) is 24.2 Å². The number of aromatic nitrogens is 1. The third-order valence-electron chi connectivity index (χ3n) is 5.16. The zero-order chi connectivity index (χ0) is 21.1. The highest BCUT2D eigenvalue weighted by atomic mass is 32.1. The first-order valence-electron chi connectivity index (χ1n) is 9.86. The molecule has 0 fully saturated rings. The molecule has 0 saturated heterocycles. The molecule has 4 rings (SSSR count). The molecule has 3 N–H and O–H groups in total. The average Bonchev–Trinajstić information content (AvgIpc) is 3.11. The van der Waals surface area contributed by atoms with E-state index in [1.165, 1.54) is 22.4 Å². The van der Waals surface area contributed by atoms with Gasteiger partial charge in [0.15, 0.2) is 18.2 Å². The van der Waals surface area contributed by atoms with Crippen LogP contribution in [0.25, 0.3) is 0 Å². The van der Waals surface area contributed by atoms with Crippen molar-refractivity contribution in [1.29, 1.82) is 0 Å². The maximum Gasteiger partial charge on any atom is 0.290 e. The normalized spacial score (nSPS) is 12.8. The molecule has 0 atom stereocenters. The number of carbonyl (C=O) groups is 3. The number of nitrogens with two attached hydrogens (primary N) is 1. The summed E-state index contributed by atoms with van der Waals surface area (Å²) in [6.45, 7) is 0.0165. The summed E-state index contributed by atoms with van der Waals surface area (Å²) >= 11 is 1.50. The van der Waals surface area contributed by atoms with E-state index in [0.29, 0.717) is 21.7 Å². The molecule has 7 heteroatoms. The minimum Gasteiger partial charge on any atom is -0.365 e. The topological polar surface area (TPSA) is 93.1 Å². The molecule has 0 aliphatic heterocycles. The van der Waals surface area contributed by atoms with Gasteiger partial charge in [0, 0.05) is 16.5 Å². The van der Waals surface area contributed by atoms with Crippen molar-refractivity contribution in [2.24, 2.45) is 5.73 Å². The summed E-state index contributed by atoms with van der Waals surface area (Å²) in [5, 5.41) is 3.54. The molecular formula is C23H22N3O3S+. The van der Waals surface area contributed by atoms with Gasteiger partial charge in [0.05, 0.1) is 5.56 Å². The first-order valence-corrected chi connectivity index (χ1v) is 10.7. The van der Waals surface area contributed by atoms with Crippen molar-refractivity contribution in [3.8, 4) is 0 Å². The van der Waals surface area contributed by atoms with E-state index in [2.05, 4.69) is 5.32 Å². The number of fused-ring (bicyclic) bond motifs is 1.